The molecule has 1 aliphatic heterocycles. The van der Waals surface area contributed by atoms with Crippen LogP contribution in [-0.2, 0) is 4.74 Å². The number of aromatic nitrogens is 1. The summed E-state index contributed by atoms with van der Waals surface area (Å²) in [6.07, 6.45) is 0.0660. The molecule has 1 unspecified atom stereocenters. The summed E-state index contributed by atoms with van der Waals surface area (Å²) < 4.78 is 34.8. The van der Waals surface area contributed by atoms with Gasteiger partial charge < -0.3 is 19.9 Å². The molecule has 1 aromatic heterocycles. The third kappa shape index (κ3) is 4.88. The van der Waals surface area contributed by atoms with Gasteiger partial charge in [-0.1, -0.05) is 6.07 Å². The summed E-state index contributed by atoms with van der Waals surface area (Å²) in [5, 5.41) is 5.56. The first-order chi connectivity index (χ1) is 13.6. The number of benzene rings is 1. The highest BCUT2D eigenvalue weighted by molar-refractivity contribution is 14.1. The van der Waals surface area contributed by atoms with Gasteiger partial charge in [0.15, 0.2) is 11.6 Å². The average molecular weight is 517 g/mol. The number of amides is 2. The number of rotatable bonds is 4. The van der Waals surface area contributed by atoms with E-state index in [2.05, 4.69) is 33.2 Å². The second-order valence-electron chi connectivity index (χ2n) is 7.81. The SMILES string of the molecule is CC(C)(C)OC(=O)NCCC1CNC(=O)c2cc(-c3ccc(F)c(F)c3)c(I)n21. The van der Waals surface area contributed by atoms with Crippen molar-refractivity contribution in [3.05, 3.63) is 45.3 Å². The monoisotopic (exact) mass is 517 g/mol. The molecular formula is C20H22F2IN3O3. The van der Waals surface area contributed by atoms with Gasteiger partial charge in [0.05, 0.1) is 9.74 Å². The van der Waals surface area contributed by atoms with Gasteiger partial charge >= 0.3 is 6.09 Å². The van der Waals surface area contributed by atoms with Crippen molar-refractivity contribution >= 4 is 34.6 Å². The van der Waals surface area contributed by atoms with Gasteiger partial charge in [0.1, 0.15) is 11.3 Å². The summed E-state index contributed by atoms with van der Waals surface area (Å²) in [7, 11) is 0. The van der Waals surface area contributed by atoms with E-state index in [4.69, 9.17) is 4.74 Å². The molecule has 2 aromatic rings. The topological polar surface area (TPSA) is 72.4 Å². The van der Waals surface area contributed by atoms with Crippen molar-refractivity contribution in [2.75, 3.05) is 13.1 Å². The molecule has 0 saturated heterocycles. The van der Waals surface area contributed by atoms with E-state index in [1.807, 2.05) is 4.57 Å². The van der Waals surface area contributed by atoms with Gasteiger partial charge in [0, 0.05) is 18.7 Å². The number of hydrogen-bond acceptors (Lipinski definition) is 3. The summed E-state index contributed by atoms with van der Waals surface area (Å²) in [5.74, 6) is -2.09. The number of carbonyl (C=O) groups is 2. The van der Waals surface area contributed by atoms with E-state index in [1.165, 1.54) is 6.07 Å². The van der Waals surface area contributed by atoms with Crippen LogP contribution in [0.2, 0.25) is 0 Å². The normalized spacial score (nSPS) is 16.2. The van der Waals surface area contributed by atoms with Gasteiger partial charge in [0.25, 0.3) is 5.91 Å². The Labute approximate surface area is 181 Å². The minimum atomic E-state index is -0.940. The zero-order valence-electron chi connectivity index (χ0n) is 16.3. The molecule has 0 fully saturated rings. The zero-order valence-corrected chi connectivity index (χ0v) is 18.5. The highest BCUT2D eigenvalue weighted by Gasteiger charge is 2.29. The minimum Gasteiger partial charge on any atom is -0.444 e. The first kappa shape index (κ1) is 21.5. The Bertz CT molecular complexity index is 953. The van der Waals surface area contributed by atoms with Crippen molar-refractivity contribution in [3.8, 4) is 11.1 Å². The lowest BCUT2D eigenvalue weighted by atomic mass is 10.1. The molecule has 0 spiro atoms. The van der Waals surface area contributed by atoms with Crippen molar-refractivity contribution < 1.29 is 23.1 Å². The lowest BCUT2D eigenvalue weighted by Gasteiger charge is -2.28. The summed E-state index contributed by atoms with van der Waals surface area (Å²) in [6.45, 7) is 6.14. The van der Waals surface area contributed by atoms with E-state index in [0.717, 1.165) is 15.8 Å². The molecule has 3 rings (SSSR count). The zero-order chi connectivity index (χ0) is 21.3. The first-order valence-electron chi connectivity index (χ1n) is 9.18. The maximum absolute atomic E-state index is 13.7. The second-order valence-corrected chi connectivity index (χ2v) is 8.84. The van der Waals surface area contributed by atoms with Crippen LogP contribution in [0.1, 0.15) is 43.7 Å². The molecule has 6 nitrogen and oxygen atoms in total. The maximum Gasteiger partial charge on any atom is 0.407 e. The number of carbonyl (C=O) groups excluding carboxylic acids is 2. The quantitative estimate of drug-likeness (QED) is 0.597. The van der Waals surface area contributed by atoms with E-state index in [9.17, 15) is 18.4 Å². The van der Waals surface area contributed by atoms with Crippen molar-refractivity contribution in [2.24, 2.45) is 0 Å². The van der Waals surface area contributed by atoms with Crippen LogP contribution in [0.3, 0.4) is 0 Å². The van der Waals surface area contributed by atoms with Crippen LogP contribution in [-0.4, -0.2) is 35.3 Å². The summed E-state index contributed by atoms with van der Waals surface area (Å²) in [4.78, 5) is 24.2. The Morgan fingerprint density at radius 3 is 2.69 bits per heavy atom. The molecule has 1 aromatic carbocycles. The maximum atomic E-state index is 13.7. The molecular weight excluding hydrogens is 495 g/mol. The van der Waals surface area contributed by atoms with E-state index in [0.29, 0.717) is 36.3 Å². The Balaban J connectivity index is 1.80. The number of halogens is 3. The molecule has 29 heavy (non-hydrogen) atoms. The standard InChI is InChI=1S/C20H22F2IN3O3/c1-20(2,3)29-19(28)24-7-6-12-10-25-18(27)16-9-13(17(23)26(12)16)11-4-5-14(21)15(22)8-11/h4-5,8-9,12H,6-7,10H2,1-3H3,(H,24,28)(H,25,27). The van der Waals surface area contributed by atoms with Crippen molar-refractivity contribution in [1.82, 2.24) is 15.2 Å². The van der Waals surface area contributed by atoms with Gasteiger partial charge in [-0.05, 0) is 73.5 Å². The number of alkyl carbamates (subject to hydrolysis) is 1. The highest BCUT2D eigenvalue weighted by atomic mass is 127. The number of fused-ring (bicyclic) bond motifs is 1. The van der Waals surface area contributed by atoms with Crippen LogP contribution in [0.15, 0.2) is 24.3 Å². The lowest BCUT2D eigenvalue weighted by Crippen LogP contribution is -2.41. The summed E-state index contributed by atoms with van der Waals surface area (Å²) in [6, 6.07) is 5.26. The molecule has 0 saturated carbocycles. The number of nitrogens with zero attached hydrogens (tertiary/aromatic N) is 1. The Kier molecular flexibility index (Phi) is 6.16. The molecule has 2 N–H and O–H groups in total. The predicted molar refractivity (Wildman–Crippen MR) is 113 cm³/mol. The highest BCUT2D eigenvalue weighted by Crippen LogP contribution is 2.34. The van der Waals surface area contributed by atoms with E-state index in [-0.39, 0.29) is 11.9 Å². The Morgan fingerprint density at radius 1 is 1.31 bits per heavy atom. The number of nitrogens with one attached hydrogen (secondary N) is 2. The Hall–Kier alpha value is -2.17. The van der Waals surface area contributed by atoms with Crippen molar-refractivity contribution in [3.63, 3.8) is 0 Å². The fraction of sp³-hybridized carbons (Fsp3) is 0.400. The molecule has 9 heteroatoms. The molecule has 1 atom stereocenters. The largest absolute Gasteiger partial charge is 0.444 e. The van der Waals surface area contributed by atoms with Crippen LogP contribution in [0.25, 0.3) is 11.1 Å². The molecule has 156 valence electrons. The van der Waals surface area contributed by atoms with Gasteiger partial charge in [-0.25, -0.2) is 13.6 Å². The van der Waals surface area contributed by atoms with Crippen molar-refractivity contribution in [1.29, 1.82) is 0 Å². The lowest BCUT2D eigenvalue weighted by molar-refractivity contribution is 0.0523. The first-order valence-corrected chi connectivity index (χ1v) is 10.3. The molecule has 1 aliphatic rings. The summed E-state index contributed by atoms with van der Waals surface area (Å²) in [5.41, 5.74) is 1.02. The van der Waals surface area contributed by atoms with Crippen LogP contribution in [0.4, 0.5) is 13.6 Å². The second kappa shape index (κ2) is 8.29. The van der Waals surface area contributed by atoms with Crippen LogP contribution in [0.5, 0.6) is 0 Å². The number of hydrogen-bond donors (Lipinski definition) is 2. The third-order valence-corrected chi connectivity index (χ3v) is 5.55. The van der Waals surface area contributed by atoms with Crippen molar-refractivity contribution in [2.45, 2.75) is 38.8 Å². The molecule has 2 heterocycles. The smallest absolute Gasteiger partial charge is 0.407 e. The van der Waals surface area contributed by atoms with Crippen LogP contribution in [0, 0.1) is 15.3 Å². The average Bonchev–Trinajstić information content (AvgIpc) is 2.96. The van der Waals surface area contributed by atoms with Crippen LogP contribution < -0.4 is 10.6 Å². The molecule has 0 aliphatic carbocycles. The van der Waals surface area contributed by atoms with Crippen LogP contribution >= 0.6 is 22.6 Å². The van der Waals surface area contributed by atoms with E-state index < -0.39 is 23.3 Å². The molecule has 2 amide bonds. The summed E-state index contributed by atoms with van der Waals surface area (Å²) >= 11 is 2.11. The molecule has 0 bridgehead atoms. The van der Waals surface area contributed by atoms with E-state index in [1.54, 1.807) is 26.8 Å². The minimum absolute atomic E-state index is 0.0939. The van der Waals surface area contributed by atoms with Gasteiger partial charge in [-0.2, -0.15) is 0 Å². The fourth-order valence-electron chi connectivity index (χ4n) is 3.18. The third-order valence-electron chi connectivity index (χ3n) is 4.45. The van der Waals surface area contributed by atoms with Gasteiger partial charge in [-0.3, -0.25) is 4.79 Å². The number of ether oxygens (including phenoxy) is 1. The Morgan fingerprint density at radius 2 is 2.03 bits per heavy atom. The molecule has 0 radical (unpaired) electrons. The fourth-order valence-corrected chi connectivity index (χ4v) is 4.30. The van der Waals surface area contributed by atoms with Gasteiger partial charge in [0.2, 0.25) is 0 Å². The predicted octanol–water partition coefficient (Wildman–Crippen LogP) is 4.24. The van der Waals surface area contributed by atoms with Gasteiger partial charge in [-0.15, -0.1) is 0 Å². The van der Waals surface area contributed by atoms with E-state index >= 15 is 0 Å².